The van der Waals surface area contributed by atoms with Crippen molar-refractivity contribution in [1.29, 1.82) is 0 Å². The Bertz CT molecular complexity index is 769. The minimum atomic E-state index is -0.150. The molecule has 0 unspecified atom stereocenters. The number of aromatic amines is 1. The van der Waals surface area contributed by atoms with Gasteiger partial charge in [-0.1, -0.05) is 23.6 Å². The number of benzene rings is 1. The second kappa shape index (κ2) is 6.40. The Morgan fingerprint density at radius 2 is 2.25 bits per heavy atom. The Morgan fingerprint density at radius 1 is 1.45 bits per heavy atom. The maximum atomic E-state index is 11.8. The molecule has 0 aliphatic heterocycles. The fraction of sp³-hybridized carbons (Fsp3) is 0.267. The molecule has 5 heteroatoms. The fourth-order valence-corrected chi connectivity index (χ4v) is 2.24. The van der Waals surface area contributed by atoms with E-state index >= 15 is 0 Å². The number of carbonyl (C=O) groups is 1. The molecular formula is C15H14N2O2S. The molecule has 1 heterocycles. The van der Waals surface area contributed by atoms with E-state index < -0.39 is 0 Å². The molecule has 20 heavy (non-hydrogen) atoms. The van der Waals surface area contributed by atoms with E-state index in [1.807, 2.05) is 6.07 Å². The van der Waals surface area contributed by atoms with E-state index in [9.17, 15) is 9.59 Å². The van der Waals surface area contributed by atoms with Gasteiger partial charge in [0.25, 0.3) is 5.56 Å². The van der Waals surface area contributed by atoms with Gasteiger partial charge in [-0.05, 0) is 25.1 Å². The van der Waals surface area contributed by atoms with Crippen LogP contribution in [0.5, 0.6) is 0 Å². The topological polar surface area (TPSA) is 62.8 Å². The third-order valence-corrected chi connectivity index (χ3v) is 3.40. The van der Waals surface area contributed by atoms with E-state index in [1.54, 1.807) is 26.0 Å². The highest BCUT2D eigenvalue weighted by Gasteiger charge is 2.01. The van der Waals surface area contributed by atoms with Gasteiger partial charge in [-0.3, -0.25) is 9.59 Å². The molecule has 4 nitrogen and oxygen atoms in total. The van der Waals surface area contributed by atoms with Gasteiger partial charge in [0.05, 0.1) is 10.9 Å². The number of rotatable bonds is 2. The highest BCUT2D eigenvalue weighted by molar-refractivity contribution is 8.13. The smallest absolute Gasteiger partial charge is 0.258 e. The zero-order valence-electron chi connectivity index (χ0n) is 11.3. The summed E-state index contributed by atoms with van der Waals surface area (Å²) in [5.41, 5.74) is 1.30. The van der Waals surface area contributed by atoms with Gasteiger partial charge in [0.2, 0.25) is 0 Å². The lowest BCUT2D eigenvalue weighted by Gasteiger charge is -1.98. The van der Waals surface area contributed by atoms with Crippen LogP contribution in [0.3, 0.4) is 0 Å². The predicted molar refractivity (Wildman–Crippen MR) is 81.7 cm³/mol. The zero-order chi connectivity index (χ0) is 14.5. The molecule has 2 aromatic rings. The molecule has 0 radical (unpaired) electrons. The minimum absolute atomic E-state index is 0.102. The Hall–Kier alpha value is -2.06. The Kier molecular flexibility index (Phi) is 4.59. The van der Waals surface area contributed by atoms with Crippen molar-refractivity contribution in [3.8, 4) is 11.8 Å². The van der Waals surface area contributed by atoms with Crippen molar-refractivity contribution in [3.63, 3.8) is 0 Å². The van der Waals surface area contributed by atoms with E-state index in [2.05, 4.69) is 21.8 Å². The summed E-state index contributed by atoms with van der Waals surface area (Å²) in [5, 5.41) is 0.644. The second-order valence-electron chi connectivity index (χ2n) is 4.28. The average molecular weight is 286 g/mol. The molecule has 1 N–H and O–H groups in total. The number of H-pyrrole nitrogens is 1. The second-order valence-corrected chi connectivity index (χ2v) is 5.55. The third-order valence-electron chi connectivity index (χ3n) is 2.59. The largest absolute Gasteiger partial charge is 0.310 e. The van der Waals surface area contributed by atoms with Gasteiger partial charge < -0.3 is 4.98 Å². The normalized spacial score (nSPS) is 10.1. The predicted octanol–water partition coefficient (Wildman–Crippen LogP) is 2.25. The SMILES string of the molecule is CC(=O)SCCC#Cc1ccc2nc(C)[nH]c(=O)c2c1. The van der Waals surface area contributed by atoms with Crippen LogP contribution in [0.1, 0.15) is 24.7 Å². The summed E-state index contributed by atoms with van der Waals surface area (Å²) < 4.78 is 0. The summed E-state index contributed by atoms with van der Waals surface area (Å²) in [6.07, 6.45) is 0.644. The molecule has 0 atom stereocenters. The number of aromatic nitrogens is 2. The average Bonchev–Trinajstić information content (AvgIpc) is 2.38. The quantitative estimate of drug-likeness (QED) is 0.679. The van der Waals surface area contributed by atoms with Crippen molar-refractivity contribution in [2.45, 2.75) is 20.3 Å². The van der Waals surface area contributed by atoms with E-state index in [0.717, 1.165) is 5.56 Å². The first-order chi connectivity index (χ1) is 9.56. The molecule has 0 aliphatic rings. The Labute approximate surface area is 121 Å². The van der Waals surface area contributed by atoms with Gasteiger partial charge in [0, 0.05) is 24.7 Å². The van der Waals surface area contributed by atoms with Crippen LogP contribution in [-0.2, 0) is 4.79 Å². The molecule has 2 rings (SSSR count). The summed E-state index contributed by atoms with van der Waals surface area (Å²) in [5.74, 6) is 7.29. The summed E-state index contributed by atoms with van der Waals surface area (Å²) in [4.78, 5) is 29.5. The van der Waals surface area contributed by atoms with Gasteiger partial charge in [-0.25, -0.2) is 4.98 Å². The number of thioether (sulfide) groups is 1. The number of nitrogens with one attached hydrogen (secondary N) is 1. The monoisotopic (exact) mass is 286 g/mol. The van der Waals surface area contributed by atoms with Crippen LogP contribution < -0.4 is 5.56 Å². The lowest BCUT2D eigenvalue weighted by molar-refractivity contribution is -0.109. The first-order valence-corrected chi connectivity index (χ1v) is 7.18. The van der Waals surface area contributed by atoms with E-state index in [-0.39, 0.29) is 10.7 Å². The highest BCUT2D eigenvalue weighted by Crippen LogP contribution is 2.09. The van der Waals surface area contributed by atoms with Crippen molar-refractivity contribution in [2.75, 3.05) is 5.75 Å². The van der Waals surface area contributed by atoms with Crippen LogP contribution in [0.4, 0.5) is 0 Å². The molecule has 0 amide bonds. The summed E-state index contributed by atoms with van der Waals surface area (Å²) in [7, 11) is 0. The minimum Gasteiger partial charge on any atom is -0.310 e. The van der Waals surface area contributed by atoms with E-state index in [4.69, 9.17) is 0 Å². The molecule has 0 saturated heterocycles. The number of nitrogens with zero attached hydrogens (tertiary/aromatic N) is 1. The molecule has 1 aromatic heterocycles. The van der Waals surface area contributed by atoms with Crippen molar-refractivity contribution in [1.82, 2.24) is 9.97 Å². The van der Waals surface area contributed by atoms with E-state index in [1.165, 1.54) is 11.8 Å². The molecule has 0 aliphatic carbocycles. The van der Waals surface area contributed by atoms with Crippen LogP contribution in [-0.4, -0.2) is 20.8 Å². The maximum Gasteiger partial charge on any atom is 0.258 e. The molecule has 0 spiro atoms. The molecule has 0 fully saturated rings. The van der Waals surface area contributed by atoms with E-state index in [0.29, 0.717) is 28.9 Å². The lowest BCUT2D eigenvalue weighted by Crippen LogP contribution is -2.09. The fourth-order valence-electron chi connectivity index (χ4n) is 1.74. The molecular weight excluding hydrogens is 272 g/mol. The molecule has 102 valence electrons. The van der Waals surface area contributed by atoms with Crippen LogP contribution in [0.15, 0.2) is 23.0 Å². The highest BCUT2D eigenvalue weighted by atomic mass is 32.2. The molecule has 1 aromatic carbocycles. The van der Waals surface area contributed by atoms with Gasteiger partial charge in [0.15, 0.2) is 5.12 Å². The van der Waals surface area contributed by atoms with Crippen molar-refractivity contribution in [2.24, 2.45) is 0 Å². The summed E-state index contributed by atoms with van der Waals surface area (Å²) >= 11 is 1.27. The van der Waals surface area contributed by atoms with Gasteiger partial charge in [-0.2, -0.15) is 0 Å². The van der Waals surface area contributed by atoms with Crippen LogP contribution in [0.25, 0.3) is 10.9 Å². The summed E-state index contributed by atoms with van der Waals surface area (Å²) in [6, 6.07) is 5.39. The standard InChI is InChI=1S/C15H14N2O2S/c1-10-16-14-7-6-12(9-13(14)15(19)17-10)5-3-4-8-20-11(2)18/h6-7,9H,4,8H2,1-2H3,(H,16,17,19). The zero-order valence-corrected chi connectivity index (χ0v) is 12.1. The van der Waals surface area contributed by atoms with Crippen LogP contribution in [0, 0.1) is 18.8 Å². The van der Waals surface area contributed by atoms with Gasteiger partial charge >= 0.3 is 0 Å². The molecule has 0 bridgehead atoms. The lowest BCUT2D eigenvalue weighted by atomic mass is 10.1. The number of aryl methyl sites for hydroxylation is 1. The first kappa shape index (κ1) is 14.4. The van der Waals surface area contributed by atoms with Crippen molar-refractivity contribution in [3.05, 3.63) is 39.9 Å². The van der Waals surface area contributed by atoms with Gasteiger partial charge in [-0.15, -0.1) is 0 Å². The van der Waals surface area contributed by atoms with Crippen LogP contribution >= 0.6 is 11.8 Å². The van der Waals surface area contributed by atoms with Gasteiger partial charge in [0.1, 0.15) is 5.82 Å². The first-order valence-electron chi connectivity index (χ1n) is 6.19. The number of hydrogen-bond acceptors (Lipinski definition) is 4. The number of hydrogen-bond donors (Lipinski definition) is 1. The number of carbonyl (C=O) groups excluding carboxylic acids is 1. The molecule has 0 saturated carbocycles. The number of fused-ring (bicyclic) bond motifs is 1. The van der Waals surface area contributed by atoms with Crippen LogP contribution in [0.2, 0.25) is 0 Å². The Morgan fingerprint density at radius 3 is 3.00 bits per heavy atom. The van der Waals surface area contributed by atoms with Crippen molar-refractivity contribution >= 4 is 27.8 Å². The third kappa shape index (κ3) is 3.72. The Balaban J connectivity index is 2.18. The van der Waals surface area contributed by atoms with Crippen molar-refractivity contribution < 1.29 is 4.79 Å². The maximum absolute atomic E-state index is 11.8. The summed E-state index contributed by atoms with van der Waals surface area (Å²) in [6.45, 7) is 3.30.